The van der Waals surface area contributed by atoms with E-state index in [2.05, 4.69) is 55.4 Å². The molecule has 2 heteroatoms. The van der Waals surface area contributed by atoms with Crippen molar-refractivity contribution in [2.45, 2.75) is 40.0 Å². The number of aryl methyl sites for hydroxylation is 1. The minimum absolute atomic E-state index is 0.0664. The lowest BCUT2D eigenvalue weighted by Crippen LogP contribution is -2.35. The summed E-state index contributed by atoms with van der Waals surface area (Å²) in [6.45, 7) is 10.7. The summed E-state index contributed by atoms with van der Waals surface area (Å²) in [7, 11) is 2.03. The maximum atomic E-state index is 8.61. The Hall–Kier alpha value is -2.22. The summed E-state index contributed by atoms with van der Waals surface area (Å²) in [6, 6.07) is 9.17. The van der Waals surface area contributed by atoms with E-state index in [1.54, 1.807) is 0 Å². The minimum atomic E-state index is 0.0664. The third-order valence-electron chi connectivity index (χ3n) is 4.59. The van der Waals surface area contributed by atoms with Crippen LogP contribution in [-0.2, 0) is 12.5 Å². The van der Waals surface area contributed by atoms with Gasteiger partial charge in [-0.25, -0.2) is 0 Å². The number of benzene rings is 1. The molecule has 2 nitrogen and oxygen atoms in total. The SMILES string of the molecule is [2H]c1c(C)[n+](C)c(-c2cnccc2C)c2ccc(C(C)(C)C)cc12. The normalized spacial score (nSPS) is 12.5. The molecule has 2 aromatic heterocycles. The van der Waals surface area contributed by atoms with E-state index in [1.807, 2.05) is 32.4 Å². The van der Waals surface area contributed by atoms with Crippen LogP contribution < -0.4 is 4.57 Å². The molecule has 0 N–H and O–H groups in total. The second-order valence-corrected chi connectivity index (χ2v) is 7.32. The Bertz CT molecular complexity index is 937. The molecule has 118 valence electrons. The quantitative estimate of drug-likeness (QED) is 0.598. The second kappa shape index (κ2) is 5.45. The second-order valence-electron chi connectivity index (χ2n) is 7.32. The molecule has 0 unspecified atom stereocenters. The standard InChI is InChI=1S/C21H25N2/c1-14-9-10-22-13-19(14)20-18-8-7-17(21(3,4)5)12-16(18)11-15(2)23(20)6/h7-13H,1-6H3/q+1/i11D. The number of fused-ring (bicyclic) bond motifs is 1. The molecule has 1 aromatic carbocycles. The van der Waals surface area contributed by atoms with E-state index in [4.69, 9.17) is 1.37 Å². The zero-order chi connectivity index (χ0) is 17.6. The van der Waals surface area contributed by atoms with Crippen LogP contribution in [-0.4, -0.2) is 4.98 Å². The molecule has 0 aliphatic heterocycles. The van der Waals surface area contributed by atoms with Gasteiger partial charge < -0.3 is 0 Å². The van der Waals surface area contributed by atoms with Crippen LogP contribution in [0.1, 0.15) is 39.0 Å². The number of hydrogen-bond donors (Lipinski definition) is 0. The van der Waals surface area contributed by atoms with Crippen molar-refractivity contribution in [3.05, 3.63) is 59.5 Å². The first-order chi connectivity index (χ1) is 11.2. The molecule has 0 bridgehead atoms. The van der Waals surface area contributed by atoms with Gasteiger partial charge in [0.2, 0.25) is 5.69 Å². The van der Waals surface area contributed by atoms with Gasteiger partial charge in [-0.3, -0.25) is 4.98 Å². The molecule has 3 aromatic rings. The average Bonchev–Trinajstić information content (AvgIpc) is 2.53. The Kier molecular flexibility index (Phi) is 3.41. The Morgan fingerprint density at radius 2 is 1.87 bits per heavy atom. The van der Waals surface area contributed by atoms with Gasteiger partial charge in [0, 0.05) is 25.4 Å². The Labute approximate surface area is 140 Å². The van der Waals surface area contributed by atoms with Crippen molar-refractivity contribution in [3.63, 3.8) is 0 Å². The highest BCUT2D eigenvalue weighted by Crippen LogP contribution is 2.31. The van der Waals surface area contributed by atoms with E-state index in [-0.39, 0.29) is 5.41 Å². The fourth-order valence-corrected chi connectivity index (χ4v) is 2.99. The van der Waals surface area contributed by atoms with Crippen LogP contribution in [0.4, 0.5) is 0 Å². The zero-order valence-corrected chi connectivity index (χ0v) is 14.9. The van der Waals surface area contributed by atoms with Crippen LogP contribution in [0.2, 0.25) is 0 Å². The van der Waals surface area contributed by atoms with Gasteiger partial charge in [-0.1, -0.05) is 32.9 Å². The monoisotopic (exact) mass is 306 g/mol. The molecule has 0 aliphatic rings. The summed E-state index contributed by atoms with van der Waals surface area (Å²) < 4.78 is 10.7. The molecule has 23 heavy (non-hydrogen) atoms. The number of aromatic nitrogens is 2. The summed E-state index contributed by atoms with van der Waals surface area (Å²) in [6.07, 6.45) is 3.75. The number of pyridine rings is 2. The van der Waals surface area contributed by atoms with E-state index in [9.17, 15) is 0 Å². The molecule has 0 atom stereocenters. The predicted octanol–water partition coefficient (Wildman–Crippen LogP) is 4.64. The molecular formula is C21H25N2+. The lowest BCUT2D eigenvalue weighted by atomic mass is 9.85. The molecular weight excluding hydrogens is 280 g/mol. The van der Waals surface area contributed by atoms with Crippen molar-refractivity contribution in [2.24, 2.45) is 7.05 Å². The van der Waals surface area contributed by atoms with Gasteiger partial charge in [0.05, 0.1) is 12.3 Å². The van der Waals surface area contributed by atoms with Crippen molar-refractivity contribution < 1.29 is 5.94 Å². The van der Waals surface area contributed by atoms with Crippen molar-refractivity contribution in [1.82, 2.24) is 4.98 Å². The highest BCUT2D eigenvalue weighted by Gasteiger charge is 2.21. The van der Waals surface area contributed by atoms with Gasteiger partial charge >= 0.3 is 0 Å². The number of rotatable bonds is 1. The Morgan fingerprint density at radius 3 is 2.52 bits per heavy atom. The summed E-state index contributed by atoms with van der Waals surface area (Å²) >= 11 is 0. The average molecular weight is 306 g/mol. The minimum Gasteiger partial charge on any atom is -0.264 e. The van der Waals surface area contributed by atoms with Crippen molar-refractivity contribution in [1.29, 1.82) is 0 Å². The number of nitrogens with zero attached hydrogens (tertiary/aromatic N) is 2. The van der Waals surface area contributed by atoms with Crippen molar-refractivity contribution >= 4 is 10.8 Å². The maximum absolute atomic E-state index is 8.61. The third-order valence-corrected chi connectivity index (χ3v) is 4.59. The molecule has 0 spiro atoms. The third kappa shape index (κ3) is 2.74. The summed E-state index contributed by atoms with van der Waals surface area (Å²) in [5, 5.41) is 2.12. The Morgan fingerprint density at radius 1 is 1.13 bits per heavy atom. The summed E-state index contributed by atoms with van der Waals surface area (Å²) in [4.78, 5) is 4.32. The molecule has 0 saturated carbocycles. The van der Waals surface area contributed by atoms with Gasteiger partial charge in [0.25, 0.3) is 0 Å². The van der Waals surface area contributed by atoms with Crippen molar-refractivity contribution in [2.75, 3.05) is 0 Å². The fraction of sp³-hybridized carbons (Fsp3) is 0.333. The zero-order valence-electron chi connectivity index (χ0n) is 15.9. The summed E-state index contributed by atoms with van der Waals surface area (Å²) in [5.74, 6) is 0. The molecule has 0 fully saturated rings. The van der Waals surface area contributed by atoms with Gasteiger partial charge in [0.15, 0.2) is 5.69 Å². The molecule has 0 radical (unpaired) electrons. The van der Waals surface area contributed by atoms with E-state index < -0.39 is 0 Å². The topological polar surface area (TPSA) is 16.8 Å². The fourth-order valence-electron chi connectivity index (χ4n) is 2.99. The van der Waals surface area contributed by atoms with Gasteiger partial charge in [0.1, 0.15) is 7.05 Å². The smallest absolute Gasteiger partial charge is 0.222 e. The first-order valence-corrected chi connectivity index (χ1v) is 8.06. The van der Waals surface area contributed by atoms with Gasteiger partial charge in [-0.2, -0.15) is 4.57 Å². The van der Waals surface area contributed by atoms with Crippen LogP contribution in [0, 0.1) is 13.8 Å². The lowest BCUT2D eigenvalue weighted by molar-refractivity contribution is -0.665. The first-order valence-electron chi connectivity index (χ1n) is 8.56. The van der Waals surface area contributed by atoms with Crippen LogP contribution >= 0.6 is 0 Å². The maximum Gasteiger partial charge on any atom is 0.222 e. The molecule has 0 amide bonds. The van der Waals surface area contributed by atoms with E-state index in [0.717, 1.165) is 27.7 Å². The Balaban J connectivity index is 2.45. The largest absolute Gasteiger partial charge is 0.264 e. The molecule has 2 heterocycles. The van der Waals surface area contributed by atoms with Crippen LogP contribution in [0.15, 0.2) is 42.7 Å². The van der Waals surface area contributed by atoms with E-state index >= 15 is 0 Å². The highest BCUT2D eigenvalue weighted by atomic mass is 14.9. The molecule has 3 rings (SSSR count). The van der Waals surface area contributed by atoms with Crippen LogP contribution in [0.5, 0.6) is 0 Å². The lowest BCUT2D eigenvalue weighted by Gasteiger charge is -2.20. The highest BCUT2D eigenvalue weighted by molar-refractivity contribution is 5.94. The van der Waals surface area contributed by atoms with E-state index in [1.165, 1.54) is 11.1 Å². The first kappa shape index (κ1) is 14.4. The van der Waals surface area contributed by atoms with Crippen molar-refractivity contribution in [3.8, 4) is 11.3 Å². The van der Waals surface area contributed by atoms with Gasteiger partial charge in [-0.05, 0) is 41.0 Å². The number of hydrogen-bond acceptors (Lipinski definition) is 1. The van der Waals surface area contributed by atoms with Gasteiger partial charge in [-0.15, -0.1) is 0 Å². The summed E-state index contributed by atoms with van der Waals surface area (Å²) in [5.41, 5.74) is 5.73. The predicted molar refractivity (Wildman–Crippen MR) is 96.5 cm³/mol. The molecule has 0 aliphatic carbocycles. The van der Waals surface area contributed by atoms with E-state index in [0.29, 0.717) is 6.04 Å². The van der Waals surface area contributed by atoms with Crippen LogP contribution in [0.3, 0.4) is 0 Å². The molecule has 0 saturated heterocycles. The van der Waals surface area contributed by atoms with Crippen LogP contribution in [0.25, 0.3) is 22.0 Å².